The maximum Gasteiger partial charge on any atom is 0.331 e. The Morgan fingerprint density at radius 3 is 2.48 bits per heavy atom. The van der Waals surface area contributed by atoms with Crippen LogP contribution in [0.25, 0.3) is 17.0 Å². The van der Waals surface area contributed by atoms with Crippen molar-refractivity contribution >= 4 is 34.8 Å². The van der Waals surface area contributed by atoms with Crippen LogP contribution in [0.4, 0.5) is 4.79 Å². The van der Waals surface area contributed by atoms with E-state index in [0.29, 0.717) is 24.7 Å². The van der Waals surface area contributed by atoms with Crippen molar-refractivity contribution in [2.24, 2.45) is 0 Å². The maximum absolute atomic E-state index is 12.7. The Morgan fingerprint density at radius 1 is 1.00 bits per heavy atom. The number of urea groups is 1. The van der Waals surface area contributed by atoms with Gasteiger partial charge in [0.25, 0.3) is 11.8 Å². The topological polar surface area (TPSA) is 89.9 Å². The van der Waals surface area contributed by atoms with Crippen LogP contribution in [0.15, 0.2) is 60.3 Å². The summed E-state index contributed by atoms with van der Waals surface area (Å²) in [6, 6.07) is 14.6. The van der Waals surface area contributed by atoms with Gasteiger partial charge in [0.1, 0.15) is 5.57 Å². The molecule has 4 amide bonds. The lowest BCUT2D eigenvalue weighted by Crippen LogP contribution is -2.53. The lowest BCUT2D eigenvalue weighted by molar-refractivity contribution is -0.129. The molecule has 1 aliphatic heterocycles. The number of nitrogens with one attached hydrogen (secondary N) is 1. The van der Waals surface area contributed by atoms with E-state index < -0.39 is 17.8 Å². The lowest BCUT2D eigenvalue weighted by Gasteiger charge is -2.24. The molecule has 33 heavy (non-hydrogen) atoms. The fraction of sp³-hybridized carbons (Fsp3) is 0.240. The third-order valence-electron chi connectivity index (χ3n) is 5.49. The van der Waals surface area contributed by atoms with Crippen LogP contribution in [0.2, 0.25) is 0 Å². The number of para-hydroxylation sites is 3. The molecule has 0 bridgehead atoms. The van der Waals surface area contributed by atoms with Crippen LogP contribution >= 0.6 is 0 Å². The second-order valence-corrected chi connectivity index (χ2v) is 7.51. The average Bonchev–Trinajstić information content (AvgIpc) is 3.17. The minimum Gasteiger partial charge on any atom is -0.493 e. The minimum absolute atomic E-state index is 0.0566. The molecular weight excluding hydrogens is 422 g/mol. The van der Waals surface area contributed by atoms with E-state index in [1.54, 1.807) is 20.1 Å². The zero-order valence-electron chi connectivity index (χ0n) is 18.5. The van der Waals surface area contributed by atoms with Gasteiger partial charge in [-0.05, 0) is 37.6 Å². The third-order valence-corrected chi connectivity index (χ3v) is 5.49. The van der Waals surface area contributed by atoms with Gasteiger partial charge in [-0.25, -0.2) is 4.79 Å². The van der Waals surface area contributed by atoms with Crippen molar-refractivity contribution in [1.29, 1.82) is 0 Å². The van der Waals surface area contributed by atoms with Crippen molar-refractivity contribution < 1.29 is 23.9 Å². The van der Waals surface area contributed by atoms with E-state index in [1.165, 1.54) is 0 Å². The molecule has 1 fully saturated rings. The van der Waals surface area contributed by atoms with Crippen LogP contribution in [0, 0.1) is 0 Å². The normalized spacial score (nSPS) is 15.3. The summed E-state index contributed by atoms with van der Waals surface area (Å²) in [5.41, 5.74) is 1.66. The van der Waals surface area contributed by atoms with E-state index in [-0.39, 0.29) is 12.1 Å². The van der Waals surface area contributed by atoms with Crippen molar-refractivity contribution in [3.8, 4) is 11.5 Å². The molecule has 170 valence electrons. The summed E-state index contributed by atoms with van der Waals surface area (Å²) in [4.78, 5) is 37.9. The van der Waals surface area contributed by atoms with Gasteiger partial charge >= 0.3 is 6.03 Å². The summed E-state index contributed by atoms with van der Waals surface area (Å²) >= 11 is 0. The first-order chi connectivity index (χ1) is 16.0. The number of fused-ring (bicyclic) bond motifs is 1. The van der Waals surface area contributed by atoms with E-state index >= 15 is 0 Å². The van der Waals surface area contributed by atoms with Crippen molar-refractivity contribution in [2.45, 2.75) is 19.9 Å². The molecule has 0 atom stereocenters. The summed E-state index contributed by atoms with van der Waals surface area (Å²) in [5.74, 6) is 0.109. The van der Waals surface area contributed by atoms with Gasteiger partial charge in [-0.3, -0.25) is 19.8 Å². The van der Waals surface area contributed by atoms with Crippen LogP contribution in [0.5, 0.6) is 11.5 Å². The number of aromatic nitrogens is 1. The fourth-order valence-electron chi connectivity index (χ4n) is 3.87. The molecule has 8 nitrogen and oxygen atoms in total. The van der Waals surface area contributed by atoms with Crippen LogP contribution in [0.3, 0.4) is 0 Å². The number of likely N-dealkylation sites (N-methyl/N-ethyl adjacent to an activating group) is 1. The van der Waals surface area contributed by atoms with E-state index in [4.69, 9.17) is 9.47 Å². The van der Waals surface area contributed by atoms with Crippen LogP contribution in [0.1, 0.15) is 18.9 Å². The predicted octanol–water partition coefficient (Wildman–Crippen LogP) is 3.60. The van der Waals surface area contributed by atoms with Crippen molar-refractivity contribution in [3.05, 3.63) is 65.9 Å². The molecule has 0 radical (unpaired) electrons. The molecule has 1 aliphatic rings. The highest BCUT2D eigenvalue weighted by atomic mass is 16.5. The number of imide groups is 2. The molecule has 1 aromatic heterocycles. The monoisotopic (exact) mass is 447 g/mol. The Kier molecular flexibility index (Phi) is 6.44. The smallest absolute Gasteiger partial charge is 0.331 e. The van der Waals surface area contributed by atoms with Crippen molar-refractivity contribution in [1.82, 2.24) is 14.8 Å². The second kappa shape index (κ2) is 9.60. The van der Waals surface area contributed by atoms with E-state index in [1.807, 2.05) is 54.7 Å². The van der Waals surface area contributed by atoms with Gasteiger partial charge in [0, 0.05) is 35.8 Å². The Bertz CT molecular complexity index is 1240. The fourth-order valence-corrected chi connectivity index (χ4v) is 3.87. The summed E-state index contributed by atoms with van der Waals surface area (Å²) < 4.78 is 13.3. The molecule has 1 saturated heterocycles. The molecule has 2 aromatic carbocycles. The number of nitrogens with zero attached hydrogens (tertiary/aromatic N) is 2. The van der Waals surface area contributed by atoms with Gasteiger partial charge < -0.3 is 14.0 Å². The summed E-state index contributed by atoms with van der Waals surface area (Å²) in [6.07, 6.45) is 4.20. The van der Waals surface area contributed by atoms with Crippen LogP contribution < -0.4 is 14.8 Å². The highest BCUT2D eigenvalue weighted by Crippen LogP contribution is 2.27. The summed E-state index contributed by atoms with van der Waals surface area (Å²) in [6.45, 7) is 3.05. The average molecular weight is 447 g/mol. The number of carbonyl (C=O) groups is 3. The Hall–Kier alpha value is -4.07. The van der Waals surface area contributed by atoms with E-state index in [0.717, 1.165) is 27.8 Å². The number of aryl methyl sites for hydroxylation is 1. The maximum atomic E-state index is 12.7. The van der Waals surface area contributed by atoms with Gasteiger partial charge in [-0.15, -0.1) is 0 Å². The number of hydrogen-bond donors (Lipinski definition) is 1. The van der Waals surface area contributed by atoms with Crippen molar-refractivity contribution in [3.63, 3.8) is 0 Å². The molecular formula is C25H25N3O5. The highest BCUT2D eigenvalue weighted by molar-refractivity contribution is 6.31. The number of rotatable bonds is 8. The number of hydrogen-bond acceptors (Lipinski definition) is 5. The third kappa shape index (κ3) is 4.45. The summed E-state index contributed by atoms with van der Waals surface area (Å²) in [7, 11) is 1.61. The molecule has 4 rings (SSSR count). The first-order valence-corrected chi connectivity index (χ1v) is 10.8. The zero-order chi connectivity index (χ0) is 23.4. The minimum atomic E-state index is -0.692. The molecule has 1 N–H and O–H groups in total. The molecule has 3 aromatic rings. The molecule has 0 spiro atoms. The SMILES string of the molecule is CCN1C(=O)NC(=O)C(=Cc2cn(CCCOc3ccccc3OC)c3ccccc23)C1=O. The predicted molar refractivity (Wildman–Crippen MR) is 124 cm³/mol. The first kappa shape index (κ1) is 22.1. The largest absolute Gasteiger partial charge is 0.493 e. The molecule has 8 heteroatoms. The van der Waals surface area contributed by atoms with Crippen LogP contribution in [-0.4, -0.2) is 47.6 Å². The highest BCUT2D eigenvalue weighted by Gasteiger charge is 2.34. The van der Waals surface area contributed by atoms with E-state index in [9.17, 15) is 14.4 Å². The molecule has 2 heterocycles. The summed E-state index contributed by atoms with van der Waals surface area (Å²) in [5, 5.41) is 3.14. The van der Waals surface area contributed by atoms with Gasteiger partial charge in [-0.2, -0.15) is 0 Å². The number of methoxy groups -OCH3 is 1. The molecule has 0 aliphatic carbocycles. The molecule has 0 saturated carbocycles. The second-order valence-electron chi connectivity index (χ2n) is 7.51. The standard InChI is InChI=1S/C25H25N3O5/c1-3-28-24(30)19(23(29)26-25(28)31)15-17-16-27(20-10-5-4-9-18(17)20)13-8-14-33-22-12-7-6-11-21(22)32-2/h4-7,9-12,15-16H,3,8,13-14H2,1-2H3,(H,26,29,31). The number of benzene rings is 2. The number of barbiturate groups is 1. The Morgan fingerprint density at radius 2 is 1.73 bits per heavy atom. The van der Waals surface area contributed by atoms with Crippen molar-refractivity contribution in [2.75, 3.05) is 20.3 Å². The first-order valence-electron chi connectivity index (χ1n) is 10.8. The van der Waals surface area contributed by atoms with Gasteiger partial charge in [0.2, 0.25) is 0 Å². The Balaban J connectivity index is 1.54. The zero-order valence-corrected chi connectivity index (χ0v) is 18.5. The lowest BCUT2D eigenvalue weighted by atomic mass is 10.1. The van der Waals surface area contributed by atoms with Crippen LogP contribution in [-0.2, 0) is 16.1 Å². The van der Waals surface area contributed by atoms with Gasteiger partial charge in [-0.1, -0.05) is 30.3 Å². The van der Waals surface area contributed by atoms with Gasteiger partial charge in [0.05, 0.1) is 13.7 Å². The quantitative estimate of drug-likeness (QED) is 0.324. The number of ether oxygens (including phenoxy) is 2. The number of carbonyl (C=O) groups excluding carboxylic acids is 3. The van der Waals surface area contributed by atoms with E-state index in [2.05, 4.69) is 9.88 Å². The Labute approximate surface area is 191 Å². The van der Waals surface area contributed by atoms with Gasteiger partial charge in [0.15, 0.2) is 11.5 Å². The molecule has 0 unspecified atom stereocenters. The number of amides is 4.